The highest BCUT2D eigenvalue weighted by molar-refractivity contribution is 6.28. The first kappa shape index (κ1) is 20.5. The van der Waals surface area contributed by atoms with Gasteiger partial charge in [0, 0.05) is 22.3 Å². The first-order valence-corrected chi connectivity index (χ1v) is 10.5. The van der Waals surface area contributed by atoms with Crippen LogP contribution < -0.4 is 0 Å². The van der Waals surface area contributed by atoms with E-state index in [1.54, 1.807) is 0 Å². The molecule has 2 nitrogen and oxygen atoms in total. The third-order valence-corrected chi connectivity index (χ3v) is 5.91. The van der Waals surface area contributed by atoms with E-state index in [2.05, 4.69) is 55.4 Å². The van der Waals surface area contributed by atoms with E-state index in [1.807, 2.05) is 24.3 Å². The Morgan fingerprint density at radius 2 is 0.607 bits per heavy atom. The molecule has 0 spiro atoms. The molecule has 1 aliphatic carbocycles. The molecule has 0 atom stereocenters. The van der Waals surface area contributed by atoms with Gasteiger partial charge in [0.25, 0.3) is 0 Å². The van der Waals surface area contributed by atoms with Crippen molar-refractivity contribution >= 4 is 11.6 Å². The van der Waals surface area contributed by atoms with Crippen LogP contribution in [0.15, 0.2) is 24.3 Å². The predicted octanol–water partition coefficient (Wildman–Crippen LogP) is 6.96. The largest absolute Gasteiger partial charge is 0.289 e. The number of ketones is 2. The topological polar surface area (TPSA) is 34.1 Å². The molecule has 0 aliphatic heterocycles. The number of fused-ring (bicyclic) bond motifs is 2. The molecule has 0 saturated carbocycles. The van der Waals surface area contributed by atoms with Gasteiger partial charge in [-0.3, -0.25) is 9.59 Å². The second-order valence-electron chi connectivity index (χ2n) is 9.33. The van der Waals surface area contributed by atoms with Crippen LogP contribution in [-0.4, -0.2) is 11.6 Å². The van der Waals surface area contributed by atoms with E-state index in [0.717, 1.165) is 0 Å². The summed E-state index contributed by atoms with van der Waals surface area (Å²) in [4.78, 5) is 26.8. The van der Waals surface area contributed by atoms with Crippen LogP contribution in [0.3, 0.4) is 0 Å². The van der Waals surface area contributed by atoms with Gasteiger partial charge in [-0.25, -0.2) is 0 Å². The maximum atomic E-state index is 13.4. The fourth-order valence-corrected chi connectivity index (χ4v) is 4.31. The van der Waals surface area contributed by atoms with E-state index < -0.39 is 0 Å². The lowest BCUT2D eigenvalue weighted by atomic mass is 9.76. The molecule has 0 aromatic heterocycles. The average molecular weight is 377 g/mol. The Kier molecular flexibility index (Phi) is 5.36. The van der Waals surface area contributed by atoms with Gasteiger partial charge >= 0.3 is 0 Å². The zero-order chi connectivity index (χ0) is 20.9. The van der Waals surface area contributed by atoms with Crippen molar-refractivity contribution in [2.24, 2.45) is 0 Å². The molecule has 3 rings (SSSR count). The van der Waals surface area contributed by atoms with Crippen molar-refractivity contribution in [2.75, 3.05) is 0 Å². The normalized spacial score (nSPS) is 13.7. The fraction of sp³-hybridized carbons (Fsp3) is 0.462. The predicted molar refractivity (Wildman–Crippen MR) is 116 cm³/mol. The summed E-state index contributed by atoms with van der Waals surface area (Å²) in [5.74, 6) is 1.20. The molecular weight excluding hydrogens is 344 g/mol. The molecule has 2 aromatic rings. The summed E-state index contributed by atoms with van der Waals surface area (Å²) in [7, 11) is 0. The Balaban J connectivity index is 2.29. The molecule has 0 fully saturated rings. The van der Waals surface area contributed by atoms with Crippen molar-refractivity contribution < 1.29 is 9.59 Å². The molecule has 2 aromatic carbocycles. The molecule has 0 amide bonds. The number of rotatable bonds is 4. The van der Waals surface area contributed by atoms with Crippen molar-refractivity contribution in [1.82, 2.24) is 0 Å². The Morgan fingerprint density at radius 3 is 0.750 bits per heavy atom. The SMILES string of the molecule is CC(C)c1cc2c(cc1C(C)C)C(=O)c1cc(C(C)C)c(C(C)C)cc1C2=O. The van der Waals surface area contributed by atoms with Crippen molar-refractivity contribution in [3.8, 4) is 0 Å². The van der Waals surface area contributed by atoms with Crippen molar-refractivity contribution in [2.45, 2.75) is 79.1 Å². The minimum absolute atomic E-state index is 0.0148. The number of hydrogen-bond acceptors (Lipinski definition) is 2. The standard InChI is InChI=1S/C26H32O2/c1-13(2)17-9-21-22(10-18(17)14(3)4)26(28)24-12-20(16(7)8)19(15(5)6)11-23(24)25(21)27/h9-16H,1-8H3. The third-order valence-electron chi connectivity index (χ3n) is 5.91. The van der Waals surface area contributed by atoms with Crippen LogP contribution in [0, 0.1) is 0 Å². The number of carbonyl (C=O) groups is 2. The smallest absolute Gasteiger partial charge is 0.194 e. The van der Waals surface area contributed by atoms with Crippen LogP contribution in [0.5, 0.6) is 0 Å². The molecule has 0 N–H and O–H groups in total. The van der Waals surface area contributed by atoms with Crippen molar-refractivity contribution in [3.63, 3.8) is 0 Å². The van der Waals surface area contributed by atoms with Gasteiger partial charge in [0.15, 0.2) is 11.6 Å². The molecule has 0 unspecified atom stereocenters. The maximum Gasteiger partial charge on any atom is 0.194 e. The van der Waals surface area contributed by atoms with Crippen LogP contribution in [0.25, 0.3) is 0 Å². The van der Waals surface area contributed by atoms with Crippen molar-refractivity contribution in [1.29, 1.82) is 0 Å². The van der Waals surface area contributed by atoms with Gasteiger partial charge in [-0.15, -0.1) is 0 Å². The maximum absolute atomic E-state index is 13.4. The van der Waals surface area contributed by atoms with Gasteiger partial charge in [-0.2, -0.15) is 0 Å². The quantitative estimate of drug-likeness (QED) is 0.493. The van der Waals surface area contributed by atoms with Crippen LogP contribution in [0.2, 0.25) is 0 Å². The highest BCUT2D eigenvalue weighted by atomic mass is 16.1. The zero-order valence-corrected chi connectivity index (χ0v) is 18.4. The third kappa shape index (κ3) is 3.23. The van der Waals surface area contributed by atoms with Crippen molar-refractivity contribution in [3.05, 3.63) is 68.8 Å². The minimum atomic E-state index is -0.0148. The van der Waals surface area contributed by atoms with Crippen LogP contribution >= 0.6 is 0 Å². The zero-order valence-electron chi connectivity index (χ0n) is 18.4. The Morgan fingerprint density at radius 1 is 0.429 bits per heavy atom. The number of benzene rings is 2. The van der Waals surface area contributed by atoms with Gasteiger partial charge in [0.05, 0.1) is 0 Å². The van der Waals surface area contributed by atoms with E-state index in [9.17, 15) is 9.59 Å². The van der Waals surface area contributed by atoms with Gasteiger partial charge < -0.3 is 0 Å². The van der Waals surface area contributed by atoms with E-state index in [4.69, 9.17) is 0 Å². The highest BCUT2D eigenvalue weighted by Crippen LogP contribution is 2.37. The Hall–Kier alpha value is -2.22. The van der Waals surface area contributed by atoms with E-state index >= 15 is 0 Å². The first-order chi connectivity index (χ1) is 13.0. The second kappa shape index (κ2) is 7.31. The lowest BCUT2D eigenvalue weighted by Gasteiger charge is -2.26. The van der Waals surface area contributed by atoms with Crippen LogP contribution in [-0.2, 0) is 0 Å². The summed E-state index contributed by atoms with van der Waals surface area (Å²) < 4.78 is 0. The van der Waals surface area contributed by atoms with Gasteiger partial charge in [0.1, 0.15) is 0 Å². The molecule has 2 heteroatoms. The Bertz CT molecular complexity index is 805. The summed E-state index contributed by atoms with van der Waals surface area (Å²) in [5.41, 5.74) is 6.94. The molecule has 0 radical (unpaired) electrons. The van der Waals surface area contributed by atoms with Crippen LogP contribution in [0.4, 0.5) is 0 Å². The highest BCUT2D eigenvalue weighted by Gasteiger charge is 2.33. The molecule has 148 valence electrons. The van der Waals surface area contributed by atoms with Gasteiger partial charge in [-0.1, -0.05) is 55.4 Å². The molecule has 1 aliphatic rings. The summed E-state index contributed by atoms with van der Waals surface area (Å²) in [5, 5.41) is 0. The van der Waals surface area contributed by atoms with Gasteiger partial charge in [-0.05, 0) is 70.2 Å². The molecule has 0 saturated heterocycles. The van der Waals surface area contributed by atoms with E-state index in [-0.39, 0.29) is 11.6 Å². The Labute approximate surface area is 169 Å². The molecular formula is C26H32O2. The lowest BCUT2D eigenvalue weighted by Crippen LogP contribution is -2.23. The lowest BCUT2D eigenvalue weighted by molar-refractivity contribution is 0.0978. The molecule has 0 bridgehead atoms. The average Bonchev–Trinajstić information content (AvgIpc) is 2.63. The number of hydrogen-bond donors (Lipinski definition) is 0. The first-order valence-electron chi connectivity index (χ1n) is 10.5. The monoisotopic (exact) mass is 376 g/mol. The number of carbonyl (C=O) groups excluding carboxylic acids is 2. The van der Waals surface area contributed by atoms with E-state index in [0.29, 0.717) is 45.9 Å². The summed E-state index contributed by atoms with van der Waals surface area (Å²) in [6.07, 6.45) is 0. The summed E-state index contributed by atoms with van der Waals surface area (Å²) >= 11 is 0. The summed E-state index contributed by atoms with van der Waals surface area (Å²) in [6.45, 7) is 17.1. The van der Waals surface area contributed by atoms with Gasteiger partial charge in [0.2, 0.25) is 0 Å². The molecule has 28 heavy (non-hydrogen) atoms. The second-order valence-corrected chi connectivity index (χ2v) is 9.33. The van der Waals surface area contributed by atoms with Crippen LogP contribution in [0.1, 0.15) is 133 Å². The summed E-state index contributed by atoms with van der Waals surface area (Å²) in [6, 6.07) is 7.90. The molecule has 0 heterocycles. The van der Waals surface area contributed by atoms with E-state index in [1.165, 1.54) is 22.3 Å². The minimum Gasteiger partial charge on any atom is -0.289 e. The fourth-order valence-electron chi connectivity index (χ4n) is 4.31.